The van der Waals surface area contributed by atoms with E-state index < -0.39 is 11.2 Å². The highest BCUT2D eigenvalue weighted by molar-refractivity contribution is 8.15. The van der Waals surface area contributed by atoms with E-state index in [2.05, 4.69) is 10.3 Å². The van der Waals surface area contributed by atoms with Crippen LogP contribution in [0.15, 0.2) is 17.1 Å². The van der Waals surface area contributed by atoms with Crippen LogP contribution in [0, 0.1) is 0 Å². The lowest BCUT2D eigenvalue weighted by Crippen LogP contribution is -2.33. The number of anilines is 1. The van der Waals surface area contributed by atoms with Crippen molar-refractivity contribution in [2.75, 3.05) is 19.5 Å². The Bertz CT molecular complexity index is 650. The number of rotatable bonds is 4. The predicted molar refractivity (Wildman–Crippen MR) is 85.8 cm³/mol. The van der Waals surface area contributed by atoms with Crippen molar-refractivity contribution in [2.24, 2.45) is 10.7 Å². The summed E-state index contributed by atoms with van der Waals surface area (Å²) in [4.78, 5) is 27.2. The van der Waals surface area contributed by atoms with Gasteiger partial charge in [-0.05, 0) is 0 Å². The van der Waals surface area contributed by atoms with Crippen molar-refractivity contribution in [2.45, 2.75) is 11.7 Å². The molecule has 1 heterocycles. The highest BCUT2D eigenvalue weighted by atomic mass is 35.5. The van der Waals surface area contributed by atoms with Crippen LogP contribution in [0.1, 0.15) is 6.42 Å². The molecule has 0 aromatic heterocycles. The standard InChI is InChI=1S/C13H14ClN3O4S/c1-20-8-4-7(9(21-2)3-6(8)14)16-12(19)10-5-11(18)17-13(15)22-10/h3-4,10H,5H2,1-2H3,(H,16,19)(H2,15,17,18)/t10-/m1/s1. The summed E-state index contributed by atoms with van der Waals surface area (Å²) in [6, 6.07) is 3.08. The quantitative estimate of drug-likeness (QED) is 0.861. The van der Waals surface area contributed by atoms with Gasteiger partial charge in [0.1, 0.15) is 16.7 Å². The molecule has 1 atom stereocenters. The molecule has 1 aromatic rings. The van der Waals surface area contributed by atoms with Crippen molar-refractivity contribution in [1.82, 2.24) is 0 Å². The molecule has 9 heteroatoms. The molecule has 1 aliphatic rings. The minimum Gasteiger partial charge on any atom is -0.495 e. The smallest absolute Gasteiger partial charge is 0.249 e. The van der Waals surface area contributed by atoms with Crippen LogP contribution in [0.2, 0.25) is 5.02 Å². The average Bonchev–Trinajstić information content (AvgIpc) is 2.47. The van der Waals surface area contributed by atoms with Crippen LogP contribution < -0.4 is 20.5 Å². The maximum atomic E-state index is 12.3. The van der Waals surface area contributed by atoms with Crippen LogP contribution in [-0.2, 0) is 9.59 Å². The number of carbonyl (C=O) groups excluding carboxylic acids is 2. The Morgan fingerprint density at radius 2 is 2.09 bits per heavy atom. The lowest BCUT2D eigenvalue weighted by atomic mass is 10.2. The van der Waals surface area contributed by atoms with Crippen LogP contribution in [-0.4, -0.2) is 36.5 Å². The summed E-state index contributed by atoms with van der Waals surface area (Å²) in [7, 11) is 2.92. The van der Waals surface area contributed by atoms with E-state index in [9.17, 15) is 9.59 Å². The maximum Gasteiger partial charge on any atom is 0.249 e. The first-order valence-corrected chi connectivity index (χ1v) is 7.46. The summed E-state index contributed by atoms with van der Waals surface area (Å²) >= 11 is 7.05. The lowest BCUT2D eigenvalue weighted by molar-refractivity contribution is -0.121. The van der Waals surface area contributed by atoms with Gasteiger partial charge in [-0.3, -0.25) is 9.59 Å². The number of amides is 2. The Morgan fingerprint density at radius 3 is 2.68 bits per heavy atom. The van der Waals surface area contributed by atoms with Gasteiger partial charge >= 0.3 is 0 Å². The number of carbonyl (C=O) groups is 2. The number of ether oxygens (including phenoxy) is 2. The van der Waals surface area contributed by atoms with E-state index in [1.807, 2.05) is 0 Å². The van der Waals surface area contributed by atoms with Gasteiger partial charge in [0.2, 0.25) is 11.8 Å². The third-order valence-electron chi connectivity index (χ3n) is 2.88. The number of hydrogen-bond acceptors (Lipinski definition) is 6. The van der Waals surface area contributed by atoms with Crippen molar-refractivity contribution >= 4 is 46.0 Å². The number of nitrogens with two attached hydrogens (primary N) is 1. The molecule has 22 heavy (non-hydrogen) atoms. The summed E-state index contributed by atoms with van der Waals surface area (Å²) in [5, 5.41) is 2.48. The van der Waals surface area contributed by atoms with Gasteiger partial charge in [0.15, 0.2) is 5.17 Å². The van der Waals surface area contributed by atoms with Gasteiger partial charge in [-0.2, -0.15) is 4.99 Å². The normalized spacial score (nSPS) is 17.7. The molecule has 7 nitrogen and oxygen atoms in total. The van der Waals surface area contributed by atoms with Crippen LogP contribution >= 0.6 is 23.4 Å². The number of aliphatic imine (C=N–C) groups is 1. The van der Waals surface area contributed by atoms with Crippen LogP contribution in [0.25, 0.3) is 0 Å². The minimum atomic E-state index is -0.642. The molecule has 0 spiro atoms. The van der Waals surface area contributed by atoms with Crippen LogP contribution in [0.3, 0.4) is 0 Å². The minimum absolute atomic E-state index is 0.00968. The molecular weight excluding hydrogens is 330 g/mol. The van der Waals surface area contributed by atoms with Crippen molar-refractivity contribution < 1.29 is 19.1 Å². The predicted octanol–water partition coefficient (Wildman–Crippen LogP) is 1.64. The van der Waals surface area contributed by atoms with E-state index in [4.69, 9.17) is 26.8 Å². The van der Waals surface area contributed by atoms with Gasteiger partial charge < -0.3 is 20.5 Å². The molecule has 118 valence electrons. The molecule has 0 radical (unpaired) electrons. The average molecular weight is 344 g/mol. The van der Waals surface area contributed by atoms with E-state index in [0.717, 1.165) is 11.8 Å². The Hall–Kier alpha value is -1.93. The highest BCUT2D eigenvalue weighted by Gasteiger charge is 2.28. The fourth-order valence-electron chi connectivity index (χ4n) is 1.86. The third-order valence-corrected chi connectivity index (χ3v) is 4.18. The van der Waals surface area contributed by atoms with E-state index in [1.54, 1.807) is 6.07 Å². The van der Waals surface area contributed by atoms with E-state index >= 15 is 0 Å². The molecule has 0 bridgehead atoms. The Morgan fingerprint density at radius 1 is 1.41 bits per heavy atom. The second-order valence-corrected chi connectivity index (χ2v) is 5.96. The number of nitrogens with one attached hydrogen (secondary N) is 1. The van der Waals surface area contributed by atoms with Gasteiger partial charge in [0.25, 0.3) is 0 Å². The van der Waals surface area contributed by atoms with Crippen molar-refractivity contribution in [3.8, 4) is 11.5 Å². The summed E-state index contributed by atoms with van der Waals surface area (Å²) in [5.74, 6) is -0.0185. The molecule has 2 rings (SSSR count). The van der Waals surface area contributed by atoms with E-state index in [-0.39, 0.29) is 17.5 Å². The number of thioether (sulfide) groups is 1. The summed E-state index contributed by atoms with van der Waals surface area (Å²) in [6.07, 6.45) is -0.00968. The Kier molecular flexibility index (Phi) is 5.15. The molecule has 0 aliphatic carbocycles. The zero-order chi connectivity index (χ0) is 16.3. The number of hydrogen-bond donors (Lipinski definition) is 2. The third kappa shape index (κ3) is 3.63. The molecule has 1 aliphatic heterocycles. The fourth-order valence-corrected chi connectivity index (χ4v) is 2.93. The fraction of sp³-hybridized carbons (Fsp3) is 0.308. The number of benzene rings is 1. The van der Waals surface area contributed by atoms with Crippen LogP contribution in [0.5, 0.6) is 11.5 Å². The first-order chi connectivity index (χ1) is 10.4. The van der Waals surface area contributed by atoms with Crippen molar-refractivity contribution in [3.63, 3.8) is 0 Å². The van der Waals surface area contributed by atoms with Crippen molar-refractivity contribution in [3.05, 3.63) is 17.2 Å². The van der Waals surface area contributed by atoms with Gasteiger partial charge in [0.05, 0.1) is 31.4 Å². The van der Waals surface area contributed by atoms with Gasteiger partial charge in [-0.15, -0.1) is 0 Å². The highest BCUT2D eigenvalue weighted by Crippen LogP contribution is 2.36. The molecule has 3 N–H and O–H groups in total. The Balaban J connectivity index is 2.21. The van der Waals surface area contributed by atoms with Gasteiger partial charge in [0, 0.05) is 12.1 Å². The van der Waals surface area contributed by atoms with E-state index in [0.29, 0.717) is 22.2 Å². The Labute approximate surface area is 136 Å². The largest absolute Gasteiger partial charge is 0.495 e. The molecular formula is C13H14ClN3O4S. The maximum absolute atomic E-state index is 12.3. The molecule has 0 saturated heterocycles. The number of methoxy groups -OCH3 is 2. The number of nitrogens with zero attached hydrogens (tertiary/aromatic N) is 1. The van der Waals surface area contributed by atoms with E-state index in [1.165, 1.54) is 20.3 Å². The zero-order valence-corrected chi connectivity index (χ0v) is 13.5. The molecule has 1 aromatic carbocycles. The lowest BCUT2D eigenvalue weighted by Gasteiger charge is -2.19. The van der Waals surface area contributed by atoms with Gasteiger partial charge in [-0.25, -0.2) is 0 Å². The number of amidine groups is 1. The molecule has 0 fully saturated rings. The second kappa shape index (κ2) is 6.89. The summed E-state index contributed by atoms with van der Waals surface area (Å²) in [6.45, 7) is 0. The monoisotopic (exact) mass is 343 g/mol. The SMILES string of the molecule is COc1cc(NC(=O)[C@H]2CC(=O)N=C(N)S2)c(OC)cc1Cl. The van der Waals surface area contributed by atoms with Crippen LogP contribution in [0.4, 0.5) is 5.69 Å². The summed E-state index contributed by atoms with van der Waals surface area (Å²) in [5.41, 5.74) is 5.91. The zero-order valence-electron chi connectivity index (χ0n) is 11.9. The molecule has 0 unspecified atom stereocenters. The first kappa shape index (κ1) is 16.4. The summed E-state index contributed by atoms with van der Waals surface area (Å²) < 4.78 is 10.3. The molecule has 0 saturated carbocycles. The van der Waals surface area contributed by atoms with Gasteiger partial charge in [-0.1, -0.05) is 23.4 Å². The molecule has 2 amide bonds. The topological polar surface area (TPSA) is 103 Å². The second-order valence-electron chi connectivity index (χ2n) is 4.33. The first-order valence-electron chi connectivity index (χ1n) is 6.20. The number of halogens is 1. The van der Waals surface area contributed by atoms with Crippen molar-refractivity contribution in [1.29, 1.82) is 0 Å².